The van der Waals surface area contributed by atoms with Crippen molar-refractivity contribution < 1.29 is 29.7 Å². The lowest BCUT2D eigenvalue weighted by Crippen LogP contribution is -2.36. The highest BCUT2D eigenvalue weighted by atomic mass is 79.9. The molecule has 0 saturated carbocycles. The summed E-state index contributed by atoms with van der Waals surface area (Å²) in [5, 5.41) is 38.2. The zero-order valence-electron chi connectivity index (χ0n) is 16.6. The molecule has 0 radical (unpaired) electrons. The van der Waals surface area contributed by atoms with Crippen LogP contribution in [0.5, 0.6) is 0 Å². The predicted molar refractivity (Wildman–Crippen MR) is 120 cm³/mol. The van der Waals surface area contributed by atoms with Crippen molar-refractivity contribution in [2.45, 2.75) is 57.8 Å². The van der Waals surface area contributed by atoms with Gasteiger partial charge in [-0.05, 0) is 74.5 Å². The van der Waals surface area contributed by atoms with Crippen LogP contribution in [0, 0.1) is 0 Å². The van der Waals surface area contributed by atoms with Crippen molar-refractivity contribution in [2.75, 3.05) is 16.0 Å². The lowest BCUT2D eigenvalue weighted by atomic mass is 9.81. The van der Waals surface area contributed by atoms with Crippen LogP contribution < -0.4 is 15.3 Å². The monoisotopic (exact) mass is 609 g/mol. The molecule has 1 rings (SSSR count). The largest absolute Gasteiger partial charge is 0.545 e. The van der Waals surface area contributed by atoms with E-state index >= 15 is 0 Å². The second kappa shape index (κ2) is 14.2. The van der Waals surface area contributed by atoms with Crippen LogP contribution in [0.15, 0.2) is 0 Å². The van der Waals surface area contributed by atoms with Crippen LogP contribution >= 0.6 is 47.8 Å². The molecule has 6 nitrogen and oxygen atoms in total. The Morgan fingerprint density at radius 3 is 1.13 bits per heavy atom. The number of benzene rings is 1. The number of rotatable bonds is 15. The summed E-state index contributed by atoms with van der Waals surface area (Å²) in [7, 11) is 0. The quantitative estimate of drug-likeness (QED) is 0.221. The SMILES string of the molecule is O=C([O-])c1c(CCCCBr)c(CCCCBr)c(C(=O)[O-])c(C(=O)[O-])c1CCCCBr. The zero-order valence-corrected chi connectivity index (χ0v) is 21.3. The Morgan fingerprint density at radius 2 is 0.800 bits per heavy atom. The van der Waals surface area contributed by atoms with Gasteiger partial charge in [0, 0.05) is 32.7 Å². The first-order valence-corrected chi connectivity index (χ1v) is 13.2. The van der Waals surface area contributed by atoms with Crippen molar-refractivity contribution >= 4 is 65.7 Å². The Balaban J connectivity index is 3.86. The van der Waals surface area contributed by atoms with Gasteiger partial charge in [0.25, 0.3) is 0 Å². The molecule has 9 heteroatoms. The summed E-state index contributed by atoms with van der Waals surface area (Å²) in [5.74, 6) is -4.83. The molecule has 0 fully saturated rings. The number of carboxylic acid groups (broad SMARTS) is 3. The molecule has 0 saturated heterocycles. The van der Waals surface area contributed by atoms with Crippen molar-refractivity contribution in [3.63, 3.8) is 0 Å². The summed E-state index contributed by atoms with van der Waals surface area (Å²) in [6, 6.07) is 0. The Hall–Kier alpha value is -0.930. The molecule has 1 aromatic carbocycles. The van der Waals surface area contributed by atoms with Gasteiger partial charge in [-0.15, -0.1) is 0 Å². The lowest BCUT2D eigenvalue weighted by Gasteiger charge is -2.28. The molecule has 1 aromatic rings. The Morgan fingerprint density at radius 1 is 0.500 bits per heavy atom. The van der Waals surface area contributed by atoms with Gasteiger partial charge in [0.2, 0.25) is 0 Å². The molecule has 0 aliphatic heterocycles. The van der Waals surface area contributed by atoms with Crippen molar-refractivity contribution in [1.29, 1.82) is 0 Å². The number of aromatic carboxylic acids is 3. The number of carboxylic acids is 3. The number of hydrogen-bond donors (Lipinski definition) is 0. The predicted octanol–water partition coefficient (Wildman–Crippen LogP) is 1.93. The average molecular weight is 612 g/mol. The molecule has 0 amide bonds. The zero-order chi connectivity index (χ0) is 22.7. The third-order valence-corrected chi connectivity index (χ3v) is 6.55. The second-order valence-corrected chi connectivity index (χ2v) is 9.24. The highest BCUT2D eigenvalue weighted by Gasteiger charge is 2.25. The van der Waals surface area contributed by atoms with E-state index in [9.17, 15) is 29.7 Å². The van der Waals surface area contributed by atoms with E-state index in [1.807, 2.05) is 0 Å². The average Bonchev–Trinajstić information content (AvgIpc) is 2.68. The maximum atomic E-state index is 12.1. The molecular formula is C21H24Br3O6-3. The van der Waals surface area contributed by atoms with Crippen molar-refractivity contribution in [1.82, 2.24) is 0 Å². The van der Waals surface area contributed by atoms with E-state index < -0.39 is 29.0 Å². The van der Waals surface area contributed by atoms with Crippen molar-refractivity contribution in [3.8, 4) is 0 Å². The Labute approximate surface area is 201 Å². The second-order valence-electron chi connectivity index (χ2n) is 6.86. The molecule has 0 aromatic heterocycles. The Kier molecular flexibility index (Phi) is 12.8. The summed E-state index contributed by atoms with van der Waals surface area (Å²) in [5.41, 5.74) is -0.693. The normalized spacial score (nSPS) is 10.9. The lowest BCUT2D eigenvalue weighted by molar-refractivity contribution is -0.260. The fraction of sp³-hybridized carbons (Fsp3) is 0.571. The number of carbonyl (C=O) groups is 3. The first-order chi connectivity index (χ1) is 14.3. The summed E-state index contributed by atoms with van der Waals surface area (Å²) in [6.45, 7) is 0. The molecular weight excluding hydrogens is 588 g/mol. The van der Waals surface area contributed by atoms with Crippen LogP contribution in [0.1, 0.15) is 86.3 Å². The molecule has 0 unspecified atom stereocenters. The van der Waals surface area contributed by atoms with E-state index in [0.29, 0.717) is 48.3 Å². The third-order valence-electron chi connectivity index (χ3n) is 4.86. The smallest absolute Gasteiger partial charge is 0.0725 e. The standard InChI is InChI=1S/C21H27Br3O6/c22-10-4-1-7-13-14(8-2-5-11-23)17(20(27)28)18(21(29)30)15(9-3-6-12-24)16(13)19(25)26/h1-12H2,(H,25,26)(H,27,28)(H,29,30)/p-3. The minimum atomic E-state index is -1.71. The summed E-state index contributed by atoms with van der Waals surface area (Å²) >= 11 is 9.94. The van der Waals surface area contributed by atoms with Crippen LogP contribution in [0.3, 0.4) is 0 Å². The van der Waals surface area contributed by atoms with Gasteiger partial charge >= 0.3 is 0 Å². The fourth-order valence-corrected chi connectivity index (χ4v) is 4.79. The molecule has 168 valence electrons. The van der Waals surface area contributed by atoms with Crippen molar-refractivity contribution in [2.24, 2.45) is 0 Å². The van der Waals surface area contributed by atoms with Crippen LogP contribution in [-0.2, 0) is 19.3 Å². The minimum Gasteiger partial charge on any atom is -0.545 e. The molecule has 0 N–H and O–H groups in total. The fourth-order valence-electron chi connectivity index (χ4n) is 3.60. The topological polar surface area (TPSA) is 120 Å². The minimum absolute atomic E-state index is 0.0340. The van der Waals surface area contributed by atoms with E-state index in [4.69, 9.17) is 0 Å². The van der Waals surface area contributed by atoms with E-state index in [1.165, 1.54) is 0 Å². The van der Waals surface area contributed by atoms with Crippen LogP contribution in [0.25, 0.3) is 0 Å². The maximum Gasteiger partial charge on any atom is 0.0725 e. The van der Waals surface area contributed by atoms with Gasteiger partial charge in [-0.2, -0.15) is 0 Å². The summed E-state index contributed by atoms with van der Waals surface area (Å²) < 4.78 is 0. The van der Waals surface area contributed by atoms with E-state index in [0.717, 1.165) is 18.2 Å². The van der Waals surface area contributed by atoms with Gasteiger partial charge < -0.3 is 29.7 Å². The highest BCUT2D eigenvalue weighted by molar-refractivity contribution is 9.09. The van der Waals surface area contributed by atoms with Gasteiger partial charge in [-0.1, -0.05) is 47.8 Å². The summed E-state index contributed by atoms with van der Waals surface area (Å²) in [4.78, 5) is 36.1. The molecule has 0 aliphatic rings. The number of alkyl halides is 3. The van der Waals surface area contributed by atoms with Crippen LogP contribution in [0.2, 0.25) is 0 Å². The summed E-state index contributed by atoms with van der Waals surface area (Å²) in [6.07, 6.45) is 4.49. The van der Waals surface area contributed by atoms with Gasteiger partial charge in [-0.25, -0.2) is 0 Å². The van der Waals surface area contributed by atoms with Gasteiger partial charge in [0.05, 0.1) is 17.9 Å². The number of carbonyl (C=O) groups excluding carboxylic acids is 3. The van der Waals surface area contributed by atoms with Crippen LogP contribution in [-0.4, -0.2) is 33.9 Å². The highest BCUT2D eigenvalue weighted by Crippen LogP contribution is 2.32. The third kappa shape index (κ3) is 7.34. The van der Waals surface area contributed by atoms with Gasteiger partial charge in [0.15, 0.2) is 0 Å². The van der Waals surface area contributed by atoms with E-state index in [1.54, 1.807) is 0 Å². The molecule has 0 atom stereocenters. The maximum absolute atomic E-state index is 12.1. The number of unbranched alkanes of at least 4 members (excludes halogenated alkanes) is 3. The first kappa shape index (κ1) is 27.1. The molecule has 0 aliphatic carbocycles. The van der Waals surface area contributed by atoms with Crippen LogP contribution in [0.4, 0.5) is 0 Å². The van der Waals surface area contributed by atoms with E-state index in [-0.39, 0.29) is 29.5 Å². The molecule has 0 bridgehead atoms. The molecule has 30 heavy (non-hydrogen) atoms. The van der Waals surface area contributed by atoms with Crippen molar-refractivity contribution in [3.05, 3.63) is 33.4 Å². The molecule has 0 heterocycles. The van der Waals surface area contributed by atoms with E-state index in [2.05, 4.69) is 47.8 Å². The Bertz CT molecular complexity index is 764. The molecule has 0 spiro atoms. The number of halogens is 3. The first-order valence-electron chi connectivity index (χ1n) is 9.84. The van der Waals surface area contributed by atoms with Gasteiger partial charge in [-0.3, -0.25) is 0 Å². The number of hydrogen-bond acceptors (Lipinski definition) is 6. The van der Waals surface area contributed by atoms with Gasteiger partial charge in [0.1, 0.15) is 0 Å².